The molecule has 0 unspecified atom stereocenters. The Balaban J connectivity index is 1.68. The lowest BCUT2D eigenvalue weighted by Crippen LogP contribution is -2.20. The fraction of sp³-hybridized carbons (Fsp3) is 0.353. The van der Waals surface area contributed by atoms with Gasteiger partial charge in [-0.3, -0.25) is 0 Å². The van der Waals surface area contributed by atoms with Crippen LogP contribution in [-0.2, 0) is 19.5 Å². The van der Waals surface area contributed by atoms with E-state index in [-0.39, 0.29) is 0 Å². The Bertz CT molecular complexity index is 685. The standard InChI is InChI=1S/C17H21N3O/c1-2-5-17-19-15-6-3-4-7-16(15)20(17)10-9-18-12-14-8-11-21-13-14/h3-4,6-8,11,13,18H,2,5,9-10,12H2,1H3. The minimum Gasteiger partial charge on any atom is -0.472 e. The van der Waals surface area contributed by atoms with Crippen LogP contribution in [0.15, 0.2) is 47.3 Å². The maximum absolute atomic E-state index is 5.07. The van der Waals surface area contributed by atoms with Gasteiger partial charge in [0.15, 0.2) is 0 Å². The van der Waals surface area contributed by atoms with E-state index < -0.39 is 0 Å². The number of nitrogens with zero attached hydrogens (tertiary/aromatic N) is 2. The van der Waals surface area contributed by atoms with Gasteiger partial charge < -0.3 is 14.3 Å². The van der Waals surface area contributed by atoms with Crippen molar-refractivity contribution in [1.29, 1.82) is 0 Å². The first kappa shape index (κ1) is 13.9. The van der Waals surface area contributed by atoms with E-state index in [1.807, 2.05) is 12.1 Å². The fourth-order valence-corrected chi connectivity index (χ4v) is 2.61. The van der Waals surface area contributed by atoms with Gasteiger partial charge in [-0.05, 0) is 24.6 Å². The number of para-hydroxylation sites is 2. The molecule has 2 heterocycles. The van der Waals surface area contributed by atoms with E-state index in [1.54, 1.807) is 12.5 Å². The van der Waals surface area contributed by atoms with Gasteiger partial charge in [-0.15, -0.1) is 0 Å². The maximum Gasteiger partial charge on any atom is 0.109 e. The first-order chi connectivity index (χ1) is 10.4. The molecular formula is C17H21N3O. The molecule has 1 aromatic carbocycles. The lowest BCUT2D eigenvalue weighted by atomic mass is 10.3. The Hall–Kier alpha value is -2.07. The molecule has 0 bridgehead atoms. The minimum absolute atomic E-state index is 0.840. The van der Waals surface area contributed by atoms with Crippen molar-refractivity contribution in [2.24, 2.45) is 0 Å². The smallest absolute Gasteiger partial charge is 0.109 e. The van der Waals surface area contributed by atoms with Gasteiger partial charge in [0, 0.05) is 31.6 Å². The molecule has 3 rings (SSSR count). The topological polar surface area (TPSA) is 43.0 Å². The largest absolute Gasteiger partial charge is 0.472 e. The number of benzene rings is 1. The lowest BCUT2D eigenvalue weighted by molar-refractivity contribution is 0.554. The highest BCUT2D eigenvalue weighted by Gasteiger charge is 2.08. The van der Waals surface area contributed by atoms with E-state index in [1.165, 1.54) is 16.9 Å². The van der Waals surface area contributed by atoms with E-state index in [0.29, 0.717) is 0 Å². The Morgan fingerprint density at radius 3 is 2.95 bits per heavy atom. The van der Waals surface area contributed by atoms with Gasteiger partial charge in [0.05, 0.1) is 23.6 Å². The summed E-state index contributed by atoms with van der Waals surface area (Å²) in [4.78, 5) is 4.75. The molecule has 21 heavy (non-hydrogen) atoms. The van der Waals surface area contributed by atoms with Crippen molar-refractivity contribution in [2.75, 3.05) is 6.54 Å². The molecule has 4 heteroatoms. The molecule has 0 aliphatic heterocycles. The summed E-state index contributed by atoms with van der Waals surface area (Å²) >= 11 is 0. The quantitative estimate of drug-likeness (QED) is 0.676. The van der Waals surface area contributed by atoms with Gasteiger partial charge in [0.25, 0.3) is 0 Å². The van der Waals surface area contributed by atoms with Crippen molar-refractivity contribution in [3.8, 4) is 0 Å². The van der Waals surface area contributed by atoms with E-state index in [0.717, 1.165) is 38.0 Å². The van der Waals surface area contributed by atoms with Crippen LogP contribution in [0.4, 0.5) is 0 Å². The molecule has 3 aromatic rings. The summed E-state index contributed by atoms with van der Waals surface area (Å²) < 4.78 is 7.41. The van der Waals surface area contributed by atoms with Crippen LogP contribution >= 0.6 is 0 Å². The number of imidazole rings is 1. The summed E-state index contributed by atoms with van der Waals surface area (Å²) in [5, 5.41) is 3.45. The number of aryl methyl sites for hydroxylation is 1. The molecule has 0 radical (unpaired) electrons. The monoisotopic (exact) mass is 283 g/mol. The maximum atomic E-state index is 5.07. The molecule has 0 aliphatic carbocycles. The summed E-state index contributed by atoms with van der Waals surface area (Å²) in [7, 11) is 0. The summed E-state index contributed by atoms with van der Waals surface area (Å²) in [5.74, 6) is 1.18. The van der Waals surface area contributed by atoms with Crippen LogP contribution in [0.2, 0.25) is 0 Å². The molecular weight excluding hydrogens is 262 g/mol. The van der Waals surface area contributed by atoms with Crippen molar-refractivity contribution < 1.29 is 4.42 Å². The summed E-state index contributed by atoms with van der Waals surface area (Å²) in [6, 6.07) is 10.4. The van der Waals surface area contributed by atoms with Gasteiger partial charge in [0.2, 0.25) is 0 Å². The second-order valence-electron chi connectivity index (χ2n) is 5.23. The van der Waals surface area contributed by atoms with Crippen LogP contribution in [0.3, 0.4) is 0 Å². The van der Waals surface area contributed by atoms with E-state index in [4.69, 9.17) is 9.40 Å². The van der Waals surface area contributed by atoms with Crippen molar-refractivity contribution in [3.63, 3.8) is 0 Å². The molecule has 0 saturated heterocycles. The second-order valence-corrected chi connectivity index (χ2v) is 5.23. The molecule has 0 aliphatic rings. The number of rotatable bonds is 7. The third-order valence-electron chi connectivity index (χ3n) is 3.63. The average Bonchev–Trinajstić information content (AvgIpc) is 3.12. The predicted octanol–water partition coefficient (Wildman–Crippen LogP) is 3.37. The van der Waals surface area contributed by atoms with Crippen molar-refractivity contribution in [3.05, 3.63) is 54.2 Å². The van der Waals surface area contributed by atoms with Crippen LogP contribution in [0.5, 0.6) is 0 Å². The van der Waals surface area contributed by atoms with E-state index in [9.17, 15) is 0 Å². The van der Waals surface area contributed by atoms with Gasteiger partial charge in [-0.2, -0.15) is 0 Å². The summed E-state index contributed by atoms with van der Waals surface area (Å²) in [5.41, 5.74) is 3.50. The van der Waals surface area contributed by atoms with Crippen LogP contribution in [-0.4, -0.2) is 16.1 Å². The first-order valence-electron chi connectivity index (χ1n) is 7.54. The zero-order chi connectivity index (χ0) is 14.5. The highest BCUT2D eigenvalue weighted by Crippen LogP contribution is 2.16. The van der Waals surface area contributed by atoms with E-state index in [2.05, 4.69) is 35.0 Å². The van der Waals surface area contributed by atoms with Gasteiger partial charge in [-0.1, -0.05) is 19.1 Å². The number of hydrogen-bond donors (Lipinski definition) is 1. The minimum atomic E-state index is 0.840. The Kier molecular flexibility index (Phi) is 4.36. The molecule has 0 saturated carbocycles. The number of nitrogens with one attached hydrogen (secondary N) is 1. The average molecular weight is 283 g/mol. The number of fused-ring (bicyclic) bond motifs is 1. The number of hydrogen-bond acceptors (Lipinski definition) is 3. The third kappa shape index (κ3) is 3.16. The fourth-order valence-electron chi connectivity index (χ4n) is 2.61. The third-order valence-corrected chi connectivity index (χ3v) is 3.63. The predicted molar refractivity (Wildman–Crippen MR) is 84.1 cm³/mol. The van der Waals surface area contributed by atoms with Gasteiger partial charge >= 0.3 is 0 Å². The van der Waals surface area contributed by atoms with Gasteiger partial charge in [-0.25, -0.2) is 4.98 Å². The molecule has 0 fully saturated rings. The van der Waals surface area contributed by atoms with Crippen molar-refractivity contribution in [2.45, 2.75) is 32.9 Å². The Morgan fingerprint density at radius 2 is 2.14 bits per heavy atom. The highest BCUT2D eigenvalue weighted by molar-refractivity contribution is 5.75. The molecule has 0 spiro atoms. The van der Waals surface area contributed by atoms with Crippen LogP contribution < -0.4 is 5.32 Å². The molecule has 1 N–H and O–H groups in total. The van der Waals surface area contributed by atoms with E-state index >= 15 is 0 Å². The molecule has 0 atom stereocenters. The summed E-state index contributed by atoms with van der Waals surface area (Å²) in [6.45, 7) is 4.89. The summed E-state index contributed by atoms with van der Waals surface area (Å²) in [6.07, 6.45) is 5.63. The second kappa shape index (κ2) is 6.59. The van der Waals surface area contributed by atoms with Crippen molar-refractivity contribution in [1.82, 2.24) is 14.9 Å². The van der Waals surface area contributed by atoms with Crippen LogP contribution in [0.25, 0.3) is 11.0 Å². The highest BCUT2D eigenvalue weighted by atomic mass is 16.3. The normalized spacial score (nSPS) is 11.3. The zero-order valence-electron chi connectivity index (χ0n) is 12.4. The Labute approximate surface area is 124 Å². The lowest BCUT2D eigenvalue weighted by Gasteiger charge is -2.09. The molecule has 4 nitrogen and oxygen atoms in total. The molecule has 0 amide bonds. The van der Waals surface area contributed by atoms with Crippen LogP contribution in [0, 0.1) is 0 Å². The zero-order valence-corrected chi connectivity index (χ0v) is 12.4. The SMILES string of the molecule is CCCc1nc2ccccc2n1CCNCc1ccoc1. The number of aromatic nitrogens is 2. The first-order valence-corrected chi connectivity index (χ1v) is 7.54. The van der Waals surface area contributed by atoms with Gasteiger partial charge in [0.1, 0.15) is 5.82 Å². The Morgan fingerprint density at radius 1 is 1.24 bits per heavy atom. The molecule has 110 valence electrons. The van der Waals surface area contributed by atoms with Crippen molar-refractivity contribution >= 4 is 11.0 Å². The number of furan rings is 1. The molecule has 2 aromatic heterocycles. The van der Waals surface area contributed by atoms with Crippen LogP contribution in [0.1, 0.15) is 24.7 Å².